The van der Waals surface area contributed by atoms with E-state index in [2.05, 4.69) is 4.90 Å². The molecule has 1 aliphatic carbocycles. The van der Waals surface area contributed by atoms with E-state index in [1.165, 1.54) is 32.1 Å². The molecule has 0 spiro atoms. The topological polar surface area (TPSA) is 49.6 Å². The van der Waals surface area contributed by atoms with E-state index in [1.807, 2.05) is 23.1 Å². The van der Waals surface area contributed by atoms with Gasteiger partial charge in [-0.1, -0.05) is 11.6 Å². The zero-order valence-corrected chi connectivity index (χ0v) is 14.8. The molecular formula is C19H26ClN3O. The quantitative estimate of drug-likeness (QED) is 0.913. The van der Waals surface area contributed by atoms with Crippen LogP contribution in [0.3, 0.4) is 0 Å². The minimum absolute atomic E-state index is 0.0393. The van der Waals surface area contributed by atoms with Gasteiger partial charge < -0.3 is 15.5 Å². The van der Waals surface area contributed by atoms with Crippen molar-refractivity contribution in [2.45, 2.75) is 38.1 Å². The van der Waals surface area contributed by atoms with Crippen LogP contribution in [-0.4, -0.2) is 43.0 Å². The number of carbonyl (C=O) groups excluding carboxylic acids is 1. The maximum Gasteiger partial charge on any atom is 0.255 e. The van der Waals surface area contributed by atoms with Crippen LogP contribution < -0.4 is 10.6 Å². The summed E-state index contributed by atoms with van der Waals surface area (Å²) in [6.07, 6.45) is 6.27. The number of hydrogen-bond donors (Lipinski definition) is 1. The van der Waals surface area contributed by atoms with E-state index in [-0.39, 0.29) is 11.9 Å². The average molecular weight is 348 g/mol. The maximum absolute atomic E-state index is 13.0. The van der Waals surface area contributed by atoms with Gasteiger partial charge in [0.05, 0.1) is 10.6 Å². The predicted octanol–water partition coefficient (Wildman–Crippen LogP) is 3.14. The fraction of sp³-hybridized carbons (Fsp3) is 0.632. The number of carbonyl (C=O) groups is 1. The summed E-state index contributed by atoms with van der Waals surface area (Å²) in [5.41, 5.74) is 8.02. The number of nitrogens with zero attached hydrogens (tertiary/aromatic N) is 2. The third-order valence-electron chi connectivity index (χ3n) is 5.83. The monoisotopic (exact) mass is 347 g/mol. The number of likely N-dealkylation sites (tertiary alicyclic amines) is 1. The van der Waals surface area contributed by atoms with Gasteiger partial charge in [0.1, 0.15) is 0 Å². The number of amides is 1. The molecule has 3 aliphatic rings. The Hall–Kier alpha value is -1.26. The van der Waals surface area contributed by atoms with Crippen molar-refractivity contribution in [3.05, 3.63) is 28.8 Å². The molecule has 0 radical (unpaired) electrons. The fourth-order valence-electron chi connectivity index (χ4n) is 4.24. The molecule has 2 N–H and O–H groups in total. The lowest BCUT2D eigenvalue weighted by Crippen LogP contribution is -2.33. The summed E-state index contributed by atoms with van der Waals surface area (Å²) >= 11 is 6.36. The highest BCUT2D eigenvalue weighted by atomic mass is 35.5. The van der Waals surface area contributed by atoms with E-state index in [1.54, 1.807) is 0 Å². The second-order valence-corrected chi connectivity index (χ2v) is 7.99. The molecule has 0 unspecified atom stereocenters. The standard InChI is InChI=1S/C19H26ClN3O/c20-17-7-6-14(22-8-2-1-3-9-22)10-15(17)19(24)23-11-16(13-4-5-13)18(21)12-23/h6-7,10,13,16,18H,1-5,8-9,11-12,21H2/t16-,18+/m1/s1. The van der Waals surface area contributed by atoms with Gasteiger partial charge in [-0.15, -0.1) is 0 Å². The molecule has 0 aromatic heterocycles. The number of anilines is 1. The van der Waals surface area contributed by atoms with Gasteiger partial charge >= 0.3 is 0 Å². The van der Waals surface area contributed by atoms with Crippen LogP contribution in [0, 0.1) is 11.8 Å². The highest BCUT2D eigenvalue weighted by molar-refractivity contribution is 6.34. The molecular weight excluding hydrogens is 322 g/mol. The Labute approximate surface area is 148 Å². The second kappa shape index (κ2) is 6.57. The van der Waals surface area contributed by atoms with Crippen molar-refractivity contribution in [3.8, 4) is 0 Å². The highest BCUT2D eigenvalue weighted by Gasteiger charge is 2.42. The Bertz CT molecular complexity index is 625. The molecule has 5 heteroatoms. The van der Waals surface area contributed by atoms with Gasteiger partial charge in [0, 0.05) is 37.9 Å². The van der Waals surface area contributed by atoms with E-state index >= 15 is 0 Å². The van der Waals surface area contributed by atoms with Gasteiger partial charge in [-0.3, -0.25) is 4.79 Å². The summed E-state index contributed by atoms with van der Waals surface area (Å²) in [6.45, 7) is 3.57. The molecule has 1 aromatic carbocycles. The van der Waals surface area contributed by atoms with Crippen LogP contribution >= 0.6 is 11.6 Å². The molecule has 1 amide bonds. The Morgan fingerprint density at radius 2 is 1.88 bits per heavy atom. The Balaban J connectivity index is 1.53. The molecule has 4 rings (SSSR count). The van der Waals surface area contributed by atoms with Gasteiger partial charge in [0.25, 0.3) is 5.91 Å². The average Bonchev–Trinajstić information content (AvgIpc) is 3.37. The molecule has 4 nitrogen and oxygen atoms in total. The lowest BCUT2D eigenvalue weighted by Gasteiger charge is -2.29. The van der Waals surface area contributed by atoms with Crippen molar-refractivity contribution in [1.29, 1.82) is 0 Å². The van der Waals surface area contributed by atoms with Gasteiger partial charge in [0.15, 0.2) is 0 Å². The zero-order chi connectivity index (χ0) is 16.7. The first kappa shape index (κ1) is 16.2. The molecule has 2 aliphatic heterocycles. The van der Waals surface area contributed by atoms with E-state index in [4.69, 9.17) is 17.3 Å². The third kappa shape index (κ3) is 3.14. The van der Waals surface area contributed by atoms with Crippen LogP contribution in [0.5, 0.6) is 0 Å². The first-order chi connectivity index (χ1) is 11.6. The minimum Gasteiger partial charge on any atom is -0.372 e. The number of benzene rings is 1. The molecule has 130 valence electrons. The SMILES string of the molecule is N[C@H]1CN(C(=O)c2cc(N3CCCCC3)ccc2Cl)C[C@@H]1C1CC1. The largest absolute Gasteiger partial charge is 0.372 e. The summed E-state index contributed by atoms with van der Waals surface area (Å²) in [5.74, 6) is 1.24. The first-order valence-corrected chi connectivity index (χ1v) is 9.60. The highest BCUT2D eigenvalue weighted by Crippen LogP contribution is 2.41. The predicted molar refractivity (Wildman–Crippen MR) is 97.6 cm³/mol. The van der Waals surface area contributed by atoms with Crippen molar-refractivity contribution < 1.29 is 4.79 Å². The van der Waals surface area contributed by atoms with Crippen molar-refractivity contribution in [1.82, 2.24) is 4.90 Å². The fourth-order valence-corrected chi connectivity index (χ4v) is 4.44. The van der Waals surface area contributed by atoms with E-state index in [0.29, 0.717) is 23.0 Å². The van der Waals surface area contributed by atoms with Crippen LogP contribution in [0.2, 0.25) is 5.02 Å². The van der Waals surface area contributed by atoms with E-state index in [9.17, 15) is 4.79 Å². The van der Waals surface area contributed by atoms with Crippen LogP contribution in [0.25, 0.3) is 0 Å². The normalized spacial score (nSPS) is 27.6. The Morgan fingerprint density at radius 1 is 1.12 bits per heavy atom. The molecule has 2 heterocycles. The van der Waals surface area contributed by atoms with Crippen LogP contribution in [0.1, 0.15) is 42.5 Å². The summed E-state index contributed by atoms with van der Waals surface area (Å²) in [7, 11) is 0. The number of halogens is 1. The van der Waals surface area contributed by atoms with Crippen molar-refractivity contribution in [2.75, 3.05) is 31.1 Å². The van der Waals surface area contributed by atoms with Crippen LogP contribution in [0.15, 0.2) is 18.2 Å². The van der Waals surface area contributed by atoms with Gasteiger partial charge in [-0.25, -0.2) is 0 Å². The van der Waals surface area contributed by atoms with Crippen LogP contribution in [-0.2, 0) is 0 Å². The molecule has 0 bridgehead atoms. The van der Waals surface area contributed by atoms with Gasteiger partial charge in [0.2, 0.25) is 0 Å². The zero-order valence-electron chi connectivity index (χ0n) is 14.1. The summed E-state index contributed by atoms with van der Waals surface area (Å²) in [6, 6.07) is 6.00. The third-order valence-corrected chi connectivity index (χ3v) is 6.16. The number of rotatable bonds is 3. The number of nitrogens with two attached hydrogens (primary N) is 1. The maximum atomic E-state index is 13.0. The van der Waals surface area contributed by atoms with Crippen LogP contribution in [0.4, 0.5) is 5.69 Å². The molecule has 1 saturated carbocycles. The Kier molecular flexibility index (Phi) is 4.44. The summed E-state index contributed by atoms with van der Waals surface area (Å²) in [4.78, 5) is 17.3. The molecule has 2 atom stereocenters. The molecule has 24 heavy (non-hydrogen) atoms. The molecule has 2 saturated heterocycles. The summed E-state index contributed by atoms with van der Waals surface area (Å²) in [5, 5.41) is 0.546. The smallest absolute Gasteiger partial charge is 0.255 e. The van der Waals surface area contributed by atoms with Gasteiger partial charge in [-0.2, -0.15) is 0 Å². The lowest BCUT2D eigenvalue weighted by atomic mass is 9.99. The minimum atomic E-state index is 0.0393. The van der Waals surface area contributed by atoms with E-state index in [0.717, 1.165) is 31.2 Å². The summed E-state index contributed by atoms with van der Waals surface area (Å²) < 4.78 is 0. The van der Waals surface area contributed by atoms with Crippen molar-refractivity contribution in [2.24, 2.45) is 17.6 Å². The van der Waals surface area contributed by atoms with Crippen molar-refractivity contribution >= 4 is 23.2 Å². The van der Waals surface area contributed by atoms with E-state index < -0.39 is 0 Å². The number of hydrogen-bond acceptors (Lipinski definition) is 3. The first-order valence-electron chi connectivity index (χ1n) is 9.23. The molecule has 1 aromatic rings. The Morgan fingerprint density at radius 3 is 2.58 bits per heavy atom. The van der Waals surface area contributed by atoms with Gasteiger partial charge in [-0.05, 0) is 62.1 Å². The number of piperidine rings is 1. The lowest BCUT2D eigenvalue weighted by molar-refractivity contribution is 0.0785. The molecule has 3 fully saturated rings. The van der Waals surface area contributed by atoms with Crippen molar-refractivity contribution in [3.63, 3.8) is 0 Å². The second-order valence-electron chi connectivity index (χ2n) is 7.59.